The molecule has 104 valence electrons. The third-order valence-corrected chi connectivity index (χ3v) is 3.21. The molecule has 1 aromatic carbocycles. The minimum atomic E-state index is -0.612. The third-order valence-electron chi connectivity index (χ3n) is 2.68. The van der Waals surface area contributed by atoms with Crippen LogP contribution < -0.4 is 5.32 Å². The molecule has 0 aliphatic rings. The van der Waals surface area contributed by atoms with E-state index < -0.39 is 4.92 Å². The molecule has 1 heterocycles. The minimum Gasteiger partial charge on any atom is -0.358 e. The zero-order chi connectivity index (χ0) is 14.7. The molecule has 6 nitrogen and oxygen atoms in total. The van der Waals surface area contributed by atoms with Crippen molar-refractivity contribution in [1.82, 2.24) is 9.97 Å². The Morgan fingerprint density at radius 1 is 1.25 bits per heavy atom. The van der Waals surface area contributed by atoms with Gasteiger partial charge in [-0.25, -0.2) is 9.97 Å². The van der Waals surface area contributed by atoms with Crippen LogP contribution in [0, 0.1) is 10.1 Å². The van der Waals surface area contributed by atoms with Crippen LogP contribution in [0.2, 0.25) is 10.2 Å². The molecule has 1 aromatic heterocycles. The van der Waals surface area contributed by atoms with Gasteiger partial charge < -0.3 is 5.32 Å². The summed E-state index contributed by atoms with van der Waals surface area (Å²) < 4.78 is 0. The van der Waals surface area contributed by atoms with Crippen LogP contribution in [0.25, 0.3) is 0 Å². The Labute approximate surface area is 124 Å². The van der Waals surface area contributed by atoms with Gasteiger partial charge in [0.25, 0.3) is 0 Å². The maximum absolute atomic E-state index is 11.0. The van der Waals surface area contributed by atoms with E-state index in [1.165, 1.54) is 6.33 Å². The van der Waals surface area contributed by atoms with Crippen molar-refractivity contribution in [3.63, 3.8) is 0 Å². The smallest absolute Gasteiger partial charge is 0.348 e. The SMILES string of the molecule is CC(Nc1ncnc(Cl)c1[N+](=O)[O-])c1ccc(Cl)cc1. The Bertz CT molecular complexity index is 634. The van der Waals surface area contributed by atoms with Gasteiger partial charge in [-0.15, -0.1) is 0 Å². The molecule has 2 rings (SSSR count). The van der Waals surface area contributed by atoms with Gasteiger partial charge in [-0.1, -0.05) is 35.3 Å². The Kier molecular flexibility index (Phi) is 4.36. The van der Waals surface area contributed by atoms with Crippen molar-refractivity contribution in [1.29, 1.82) is 0 Å². The molecule has 0 radical (unpaired) electrons. The molecule has 0 saturated heterocycles. The molecule has 0 aliphatic carbocycles. The fourth-order valence-electron chi connectivity index (χ4n) is 1.66. The van der Waals surface area contributed by atoms with Crippen molar-refractivity contribution in [2.75, 3.05) is 5.32 Å². The number of halogens is 2. The van der Waals surface area contributed by atoms with Crippen LogP contribution in [0.5, 0.6) is 0 Å². The summed E-state index contributed by atoms with van der Waals surface area (Å²) in [5.74, 6) is 0.0810. The molecule has 1 atom stereocenters. The summed E-state index contributed by atoms with van der Waals surface area (Å²) in [5, 5.41) is 14.4. The average Bonchev–Trinajstić information content (AvgIpc) is 2.39. The number of nitro groups is 1. The number of nitrogens with zero attached hydrogens (tertiary/aromatic N) is 3. The minimum absolute atomic E-state index is 0.0810. The number of aromatic nitrogens is 2. The second-order valence-electron chi connectivity index (χ2n) is 4.04. The number of hydrogen-bond acceptors (Lipinski definition) is 5. The Morgan fingerprint density at radius 2 is 1.90 bits per heavy atom. The average molecular weight is 313 g/mol. The molecule has 1 N–H and O–H groups in total. The van der Waals surface area contributed by atoms with E-state index in [1.807, 2.05) is 19.1 Å². The van der Waals surface area contributed by atoms with E-state index in [-0.39, 0.29) is 22.7 Å². The van der Waals surface area contributed by atoms with Crippen LogP contribution in [-0.2, 0) is 0 Å². The maximum atomic E-state index is 11.0. The zero-order valence-corrected chi connectivity index (χ0v) is 11.9. The van der Waals surface area contributed by atoms with Crippen molar-refractivity contribution >= 4 is 34.7 Å². The Hall–Kier alpha value is -1.92. The molecule has 0 fully saturated rings. The van der Waals surface area contributed by atoms with E-state index in [0.29, 0.717) is 5.02 Å². The highest BCUT2D eigenvalue weighted by Gasteiger charge is 2.22. The molecule has 0 bridgehead atoms. The number of rotatable bonds is 4. The molecule has 1 unspecified atom stereocenters. The molecular formula is C12H10Cl2N4O2. The van der Waals surface area contributed by atoms with Crippen molar-refractivity contribution in [3.8, 4) is 0 Å². The topological polar surface area (TPSA) is 81.0 Å². The molecule has 0 spiro atoms. The van der Waals surface area contributed by atoms with E-state index in [0.717, 1.165) is 5.56 Å². The highest BCUT2D eigenvalue weighted by Crippen LogP contribution is 2.31. The standard InChI is InChI=1S/C12H10Cl2N4O2/c1-7(8-2-4-9(13)5-3-8)17-12-10(18(19)20)11(14)15-6-16-12/h2-7H,1H3,(H,15,16,17). The van der Waals surface area contributed by atoms with Gasteiger partial charge in [0.15, 0.2) is 0 Å². The lowest BCUT2D eigenvalue weighted by atomic mass is 10.1. The second kappa shape index (κ2) is 6.02. The largest absolute Gasteiger partial charge is 0.358 e. The van der Waals surface area contributed by atoms with Gasteiger partial charge in [0.05, 0.1) is 11.0 Å². The normalized spacial score (nSPS) is 11.9. The number of benzene rings is 1. The molecule has 0 saturated carbocycles. The summed E-state index contributed by atoms with van der Waals surface area (Å²) in [4.78, 5) is 17.9. The van der Waals surface area contributed by atoms with Crippen molar-refractivity contribution in [2.45, 2.75) is 13.0 Å². The van der Waals surface area contributed by atoms with Crippen molar-refractivity contribution in [3.05, 3.63) is 56.4 Å². The first kappa shape index (κ1) is 14.5. The van der Waals surface area contributed by atoms with Crippen LogP contribution in [0.15, 0.2) is 30.6 Å². The lowest BCUT2D eigenvalue weighted by Crippen LogP contribution is -2.10. The lowest BCUT2D eigenvalue weighted by molar-refractivity contribution is -0.384. The first-order valence-electron chi connectivity index (χ1n) is 5.66. The van der Waals surface area contributed by atoms with Gasteiger partial charge in [0.1, 0.15) is 6.33 Å². The molecular weight excluding hydrogens is 303 g/mol. The summed E-state index contributed by atoms with van der Waals surface area (Å²) in [6, 6.07) is 6.95. The van der Waals surface area contributed by atoms with Crippen LogP contribution in [0.4, 0.5) is 11.5 Å². The Balaban J connectivity index is 2.28. The summed E-state index contributed by atoms with van der Waals surface area (Å²) in [7, 11) is 0. The number of anilines is 1. The van der Waals surface area contributed by atoms with Gasteiger partial charge in [0.2, 0.25) is 11.0 Å². The lowest BCUT2D eigenvalue weighted by Gasteiger charge is -2.14. The fraction of sp³-hybridized carbons (Fsp3) is 0.167. The maximum Gasteiger partial charge on any atom is 0.348 e. The van der Waals surface area contributed by atoms with Crippen molar-refractivity contribution in [2.24, 2.45) is 0 Å². The van der Waals surface area contributed by atoms with E-state index >= 15 is 0 Å². The van der Waals surface area contributed by atoms with E-state index in [2.05, 4.69) is 15.3 Å². The quantitative estimate of drug-likeness (QED) is 0.526. The number of nitrogens with one attached hydrogen (secondary N) is 1. The number of hydrogen-bond donors (Lipinski definition) is 1. The van der Waals surface area contributed by atoms with Gasteiger partial charge in [-0.2, -0.15) is 0 Å². The van der Waals surface area contributed by atoms with Crippen LogP contribution in [0.1, 0.15) is 18.5 Å². The Morgan fingerprint density at radius 3 is 2.50 bits per heavy atom. The molecule has 0 aliphatic heterocycles. The summed E-state index contributed by atoms with van der Waals surface area (Å²) in [5.41, 5.74) is 0.577. The van der Waals surface area contributed by atoms with E-state index in [9.17, 15) is 10.1 Å². The molecule has 20 heavy (non-hydrogen) atoms. The van der Waals surface area contributed by atoms with E-state index in [1.54, 1.807) is 12.1 Å². The van der Waals surface area contributed by atoms with Crippen LogP contribution in [-0.4, -0.2) is 14.9 Å². The summed E-state index contributed by atoms with van der Waals surface area (Å²) in [6.45, 7) is 1.85. The van der Waals surface area contributed by atoms with Crippen LogP contribution in [0.3, 0.4) is 0 Å². The fourth-order valence-corrected chi connectivity index (χ4v) is 1.99. The predicted molar refractivity (Wildman–Crippen MR) is 77.2 cm³/mol. The first-order valence-corrected chi connectivity index (χ1v) is 6.41. The van der Waals surface area contributed by atoms with Gasteiger partial charge in [-0.05, 0) is 24.6 Å². The van der Waals surface area contributed by atoms with Gasteiger partial charge >= 0.3 is 5.69 Å². The summed E-state index contributed by atoms with van der Waals surface area (Å²) in [6.07, 6.45) is 1.17. The van der Waals surface area contributed by atoms with Crippen LogP contribution >= 0.6 is 23.2 Å². The van der Waals surface area contributed by atoms with Gasteiger partial charge in [0, 0.05) is 5.02 Å². The predicted octanol–water partition coefficient (Wildman–Crippen LogP) is 3.86. The molecule has 8 heteroatoms. The van der Waals surface area contributed by atoms with Gasteiger partial charge in [-0.3, -0.25) is 10.1 Å². The second-order valence-corrected chi connectivity index (χ2v) is 4.83. The monoisotopic (exact) mass is 312 g/mol. The van der Waals surface area contributed by atoms with Crippen molar-refractivity contribution < 1.29 is 4.92 Å². The van der Waals surface area contributed by atoms with E-state index in [4.69, 9.17) is 23.2 Å². The highest BCUT2D eigenvalue weighted by molar-refractivity contribution is 6.31. The molecule has 2 aromatic rings. The third kappa shape index (κ3) is 3.15. The zero-order valence-electron chi connectivity index (χ0n) is 10.4. The molecule has 0 amide bonds. The first-order chi connectivity index (χ1) is 9.49. The highest BCUT2D eigenvalue weighted by atomic mass is 35.5. The summed E-state index contributed by atoms with van der Waals surface area (Å²) >= 11 is 11.5.